The smallest absolute Gasteiger partial charge is 0.251 e. The van der Waals surface area contributed by atoms with Crippen LogP contribution in [-0.2, 0) is 11.2 Å². The number of pyridine rings is 1. The number of carbonyl (C=O) groups is 1. The SMILES string of the molecule is O=C(Cc1csc(-c2ccccn2)n1)Nc1ccc2c(c1)OC1(CCCCC1)O2. The number of thiazole rings is 1. The number of rotatable bonds is 4. The second-order valence-corrected chi connectivity index (χ2v) is 8.28. The van der Waals surface area contributed by atoms with E-state index in [-0.39, 0.29) is 12.3 Å². The van der Waals surface area contributed by atoms with Gasteiger partial charge < -0.3 is 14.8 Å². The van der Waals surface area contributed by atoms with Crippen molar-refractivity contribution in [1.29, 1.82) is 0 Å². The molecule has 3 aromatic rings. The summed E-state index contributed by atoms with van der Waals surface area (Å²) in [5.74, 6) is 0.834. The van der Waals surface area contributed by atoms with Gasteiger partial charge in [0.25, 0.3) is 5.79 Å². The third-order valence-electron chi connectivity index (χ3n) is 5.21. The quantitative estimate of drug-likeness (QED) is 0.671. The lowest BCUT2D eigenvalue weighted by Crippen LogP contribution is -2.40. The number of benzene rings is 1. The minimum Gasteiger partial charge on any atom is -0.448 e. The number of fused-ring (bicyclic) bond motifs is 1. The van der Waals surface area contributed by atoms with E-state index in [1.807, 2.05) is 41.8 Å². The van der Waals surface area contributed by atoms with E-state index in [0.717, 1.165) is 47.8 Å². The molecule has 0 unspecified atom stereocenters. The van der Waals surface area contributed by atoms with Crippen LogP contribution in [0.3, 0.4) is 0 Å². The number of anilines is 1. The van der Waals surface area contributed by atoms with Crippen LogP contribution in [0.4, 0.5) is 5.69 Å². The summed E-state index contributed by atoms with van der Waals surface area (Å²) in [6, 6.07) is 11.3. The number of nitrogens with one attached hydrogen (secondary N) is 1. The fourth-order valence-corrected chi connectivity index (χ4v) is 4.63. The summed E-state index contributed by atoms with van der Waals surface area (Å²) in [5, 5.41) is 5.65. The zero-order chi connectivity index (χ0) is 19.7. The lowest BCUT2D eigenvalue weighted by atomic mass is 9.94. The Hall–Kier alpha value is -2.93. The van der Waals surface area contributed by atoms with E-state index in [9.17, 15) is 4.79 Å². The molecular formula is C22H21N3O3S. The summed E-state index contributed by atoms with van der Waals surface area (Å²) in [7, 11) is 0. The fourth-order valence-electron chi connectivity index (χ4n) is 3.83. The molecule has 1 fully saturated rings. The van der Waals surface area contributed by atoms with E-state index in [2.05, 4.69) is 15.3 Å². The molecule has 5 rings (SSSR count). The van der Waals surface area contributed by atoms with E-state index >= 15 is 0 Å². The van der Waals surface area contributed by atoms with Crippen LogP contribution in [0.1, 0.15) is 37.8 Å². The Bertz CT molecular complexity index is 1030. The Kier molecular flexibility index (Phi) is 4.67. The van der Waals surface area contributed by atoms with Crippen molar-refractivity contribution >= 4 is 22.9 Å². The highest BCUT2D eigenvalue weighted by Gasteiger charge is 2.42. The van der Waals surface area contributed by atoms with Gasteiger partial charge in [-0.1, -0.05) is 12.5 Å². The van der Waals surface area contributed by atoms with Crippen molar-refractivity contribution in [3.8, 4) is 22.2 Å². The molecule has 6 nitrogen and oxygen atoms in total. The normalized spacial score (nSPS) is 16.7. The molecule has 0 bridgehead atoms. The average molecular weight is 407 g/mol. The highest BCUT2D eigenvalue weighted by atomic mass is 32.1. The number of carbonyl (C=O) groups excluding carboxylic acids is 1. The maximum atomic E-state index is 12.5. The van der Waals surface area contributed by atoms with Gasteiger partial charge in [-0.25, -0.2) is 4.98 Å². The van der Waals surface area contributed by atoms with Crippen molar-refractivity contribution in [1.82, 2.24) is 9.97 Å². The van der Waals surface area contributed by atoms with Crippen LogP contribution in [0.2, 0.25) is 0 Å². The van der Waals surface area contributed by atoms with Gasteiger partial charge in [-0.15, -0.1) is 11.3 Å². The molecule has 29 heavy (non-hydrogen) atoms. The minimum atomic E-state index is -0.508. The average Bonchev–Trinajstić information content (AvgIpc) is 3.33. The van der Waals surface area contributed by atoms with Crippen molar-refractivity contribution in [2.45, 2.75) is 44.3 Å². The molecule has 148 valence electrons. The number of hydrogen-bond acceptors (Lipinski definition) is 6. The molecule has 1 amide bonds. The molecular weight excluding hydrogens is 386 g/mol. The highest BCUT2D eigenvalue weighted by molar-refractivity contribution is 7.13. The summed E-state index contributed by atoms with van der Waals surface area (Å²) in [5.41, 5.74) is 2.25. The lowest BCUT2D eigenvalue weighted by molar-refractivity contribution is -0.115. The van der Waals surface area contributed by atoms with E-state index < -0.39 is 5.79 Å². The van der Waals surface area contributed by atoms with Crippen LogP contribution in [0.15, 0.2) is 48.0 Å². The Morgan fingerprint density at radius 3 is 2.79 bits per heavy atom. The summed E-state index contributed by atoms with van der Waals surface area (Å²) in [6.07, 6.45) is 7.22. The highest BCUT2D eigenvalue weighted by Crippen LogP contribution is 2.46. The first-order valence-corrected chi connectivity index (χ1v) is 10.7. The third-order valence-corrected chi connectivity index (χ3v) is 6.13. The lowest BCUT2D eigenvalue weighted by Gasteiger charge is -2.31. The number of amides is 1. The third kappa shape index (κ3) is 3.82. The topological polar surface area (TPSA) is 73.3 Å². The van der Waals surface area contributed by atoms with Crippen LogP contribution in [0.5, 0.6) is 11.5 Å². The predicted molar refractivity (Wildman–Crippen MR) is 111 cm³/mol. The molecule has 1 aliphatic heterocycles. The molecule has 0 radical (unpaired) electrons. The predicted octanol–water partition coefficient (Wildman–Crippen LogP) is 4.82. The van der Waals surface area contributed by atoms with Gasteiger partial charge in [0.2, 0.25) is 5.91 Å². The molecule has 0 saturated heterocycles. The molecule has 1 aliphatic carbocycles. The molecule has 1 saturated carbocycles. The number of hydrogen-bond donors (Lipinski definition) is 1. The van der Waals surface area contributed by atoms with Crippen molar-refractivity contribution in [3.05, 3.63) is 53.7 Å². The summed E-state index contributed by atoms with van der Waals surface area (Å²) >= 11 is 1.49. The standard InChI is InChI=1S/C22H21N3O3S/c26-20(13-16-14-29-21(25-16)17-6-2-5-11-23-17)24-15-7-8-18-19(12-15)28-22(27-18)9-3-1-4-10-22/h2,5-8,11-12,14H,1,3-4,9-10,13H2,(H,24,26). The molecule has 2 aromatic heterocycles. The molecule has 1 spiro atoms. The second kappa shape index (κ2) is 7.48. The molecule has 7 heteroatoms. The van der Waals surface area contributed by atoms with Gasteiger partial charge in [0.15, 0.2) is 11.5 Å². The second-order valence-electron chi connectivity index (χ2n) is 7.42. The molecule has 0 atom stereocenters. The van der Waals surface area contributed by atoms with Crippen LogP contribution < -0.4 is 14.8 Å². The van der Waals surface area contributed by atoms with Gasteiger partial charge in [0, 0.05) is 36.2 Å². The maximum Gasteiger partial charge on any atom is 0.251 e. The largest absolute Gasteiger partial charge is 0.448 e. The number of aromatic nitrogens is 2. The van der Waals surface area contributed by atoms with Crippen LogP contribution in [0.25, 0.3) is 10.7 Å². The van der Waals surface area contributed by atoms with Gasteiger partial charge in [0.05, 0.1) is 17.8 Å². The monoisotopic (exact) mass is 407 g/mol. The van der Waals surface area contributed by atoms with E-state index in [4.69, 9.17) is 9.47 Å². The van der Waals surface area contributed by atoms with Crippen LogP contribution >= 0.6 is 11.3 Å². The van der Waals surface area contributed by atoms with E-state index in [1.54, 1.807) is 6.20 Å². The van der Waals surface area contributed by atoms with Crippen molar-refractivity contribution in [3.63, 3.8) is 0 Å². The number of ether oxygens (including phenoxy) is 2. The molecule has 1 N–H and O–H groups in total. The Labute approximate surface area is 172 Å². The zero-order valence-corrected chi connectivity index (χ0v) is 16.7. The van der Waals surface area contributed by atoms with E-state index in [0.29, 0.717) is 11.4 Å². The van der Waals surface area contributed by atoms with Crippen LogP contribution in [-0.4, -0.2) is 21.7 Å². The summed E-state index contributed by atoms with van der Waals surface area (Å²) in [4.78, 5) is 21.3. The molecule has 2 aliphatic rings. The molecule has 1 aromatic carbocycles. The van der Waals surface area contributed by atoms with Gasteiger partial charge in [-0.2, -0.15) is 0 Å². The zero-order valence-electron chi connectivity index (χ0n) is 15.9. The van der Waals surface area contributed by atoms with Crippen molar-refractivity contribution in [2.75, 3.05) is 5.32 Å². The Balaban J connectivity index is 1.23. The fraction of sp³-hybridized carbons (Fsp3) is 0.318. The van der Waals surface area contributed by atoms with Crippen molar-refractivity contribution < 1.29 is 14.3 Å². The summed E-state index contributed by atoms with van der Waals surface area (Å²) in [6.45, 7) is 0. The van der Waals surface area contributed by atoms with Gasteiger partial charge in [-0.3, -0.25) is 9.78 Å². The molecule has 3 heterocycles. The van der Waals surface area contributed by atoms with Gasteiger partial charge in [-0.05, 0) is 37.1 Å². The summed E-state index contributed by atoms with van der Waals surface area (Å²) < 4.78 is 12.2. The van der Waals surface area contributed by atoms with Gasteiger partial charge in [0.1, 0.15) is 5.01 Å². The van der Waals surface area contributed by atoms with Crippen LogP contribution in [0, 0.1) is 0 Å². The van der Waals surface area contributed by atoms with Crippen molar-refractivity contribution in [2.24, 2.45) is 0 Å². The Morgan fingerprint density at radius 2 is 1.97 bits per heavy atom. The van der Waals surface area contributed by atoms with Gasteiger partial charge >= 0.3 is 0 Å². The first kappa shape index (κ1) is 18.1. The van der Waals surface area contributed by atoms with E-state index in [1.165, 1.54) is 17.8 Å². The Morgan fingerprint density at radius 1 is 1.10 bits per heavy atom. The maximum absolute atomic E-state index is 12.5. The minimum absolute atomic E-state index is 0.117. The number of nitrogens with zero attached hydrogens (tertiary/aromatic N) is 2. The first-order valence-electron chi connectivity index (χ1n) is 9.87. The first-order chi connectivity index (χ1) is 14.2.